The third-order valence-electron chi connectivity index (χ3n) is 4.48. The topological polar surface area (TPSA) is 59.9 Å². The van der Waals surface area contributed by atoms with Crippen LogP contribution < -0.4 is 10.1 Å². The lowest BCUT2D eigenvalue weighted by Crippen LogP contribution is -2.16. The van der Waals surface area contributed by atoms with Crippen LogP contribution in [0.5, 0.6) is 5.75 Å². The highest BCUT2D eigenvalue weighted by molar-refractivity contribution is 7.16. The molecule has 5 nitrogen and oxygen atoms in total. The average molecular weight is 465 g/mol. The number of thiazole rings is 1. The van der Waals surface area contributed by atoms with Crippen LogP contribution in [0.4, 0.5) is 19.0 Å². The minimum Gasteiger partial charge on any atom is -0.406 e. The lowest BCUT2D eigenvalue weighted by Gasteiger charge is -2.10. The summed E-state index contributed by atoms with van der Waals surface area (Å²) in [5.41, 5.74) is 5.31. The zero-order valence-corrected chi connectivity index (χ0v) is 17.6. The summed E-state index contributed by atoms with van der Waals surface area (Å²) in [6.45, 7) is 0.697. The molecule has 0 aliphatic rings. The summed E-state index contributed by atoms with van der Waals surface area (Å²) in [6, 6.07) is 13.7. The van der Waals surface area contributed by atoms with Gasteiger partial charge in [0.15, 0.2) is 10.6 Å². The van der Waals surface area contributed by atoms with Crippen molar-refractivity contribution >= 4 is 39.1 Å². The van der Waals surface area contributed by atoms with Crippen molar-refractivity contribution in [1.82, 2.24) is 15.0 Å². The van der Waals surface area contributed by atoms with Crippen LogP contribution in [0, 0.1) is 0 Å². The number of hydrogen-bond donors (Lipinski definition) is 1. The molecular formula is C21H16ClF3N4OS. The first-order valence-corrected chi connectivity index (χ1v) is 10.6. The first-order valence-electron chi connectivity index (χ1n) is 9.33. The summed E-state index contributed by atoms with van der Waals surface area (Å²) >= 11 is 7.36. The van der Waals surface area contributed by atoms with Crippen molar-refractivity contribution in [3.63, 3.8) is 0 Å². The molecule has 2 aromatic heterocycles. The zero-order valence-electron chi connectivity index (χ0n) is 16.0. The van der Waals surface area contributed by atoms with Crippen LogP contribution in [0.3, 0.4) is 0 Å². The van der Waals surface area contributed by atoms with E-state index in [0.717, 1.165) is 34.4 Å². The third-order valence-corrected chi connectivity index (χ3v) is 5.37. The van der Waals surface area contributed by atoms with Crippen LogP contribution in [0.25, 0.3) is 21.5 Å². The SMILES string of the molecule is FC(F)(F)Oc1ccc(-c2ccc(CCCNc3nc(Cl)nc4scnc34)cc2)cc1. The molecule has 0 amide bonds. The van der Waals surface area contributed by atoms with Gasteiger partial charge < -0.3 is 10.1 Å². The number of rotatable bonds is 7. The largest absolute Gasteiger partial charge is 0.573 e. The van der Waals surface area contributed by atoms with Gasteiger partial charge in [-0.15, -0.1) is 24.5 Å². The molecule has 10 heteroatoms. The molecule has 2 aromatic carbocycles. The Morgan fingerprint density at radius 2 is 1.65 bits per heavy atom. The third kappa shape index (κ3) is 5.62. The molecule has 4 rings (SSSR count). The quantitative estimate of drug-likeness (QED) is 0.255. The van der Waals surface area contributed by atoms with Gasteiger partial charge in [0.2, 0.25) is 5.28 Å². The van der Waals surface area contributed by atoms with Crippen LogP contribution in [-0.2, 0) is 6.42 Å². The Morgan fingerprint density at radius 3 is 2.32 bits per heavy atom. The Balaban J connectivity index is 1.31. The molecule has 0 atom stereocenters. The minimum absolute atomic E-state index is 0.188. The van der Waals surface area contributed by atoms with Crippen LogP contribution in [-0.4, -0.2) is 27.9 Å². The highest BCUT2D eigenvalue weighted by atomic mass is 35.5. The number of fused-ring (bicyclic) bond motifs is 1. The summed E-state index contributed by atoms with van der Waals surface area (Å²) in [5.74, 6) is 0.393. The number of alkyl halides is 3. The zero-order chi connectivity index (χ0) is 21.8. The Kier molecular flexibility index (Phi) is 6.24. The van der Waals surface area contributed by atoms with E-state index in [2.05, 4.69) is 25.0 Å². The molecule has 0 bridgehead atoms. The average Bonchev–Trinajstić information content (AvgIpc) is 3.19. The van der Waals surface area contributed by atoms with E-state index in [4.69, 9.17) is 11.6 Å². The van der Waals surface area contributed by atoms with Gasteiger partial charge in [0.05, 0.1) is 5.51 Å². The van der Waals surface area contributed by atoms with Crippen molar-refractivity contribution in [1.29, 1.82) is 0 Å². The number of hydrogen-bond acceptors (Lipinski definition) is 6. The van der Waals surface area contributed by atoms with Gasteiger partial charge in [0.1, 0.15) is 11.3 Å². The molecule has 0 spiro atoms. The molecule has 2 heterocycles. The van der Waals surface area contributed by atoms with E-state index in [1.165, 1.54) is 23.5 Å². The Labute approximate surface area is 184 Å². The lowest BCUT2D eigenvalue weighted by atomic mass is 10.0. The second kappa shape index (κ2) is 9.07. The number of halogens is 4. The maximum atomic E-state index is 12.3. The standard InChI is InChI=1S/C21H16ClF3N4OS/c22-20-28-18(17-19(29-20)31-12-27-17)26-11-1-2-13-3-5-14(6-4-13)15-7-9-16(10-8-15)30-21(23,24)25/h3-10,12H,1-2,11H2,(H,26,28,29). The van der Waals surface area contributed by atoms with E-state index in [1.807, 2.05) is 24.3 Å². The number of nitrogens with zero attached hydrogens (tertiary/aromatic N) is 3. The smallest absolute Gasteiger partial charge is 0.406 e. The van der Waals surface area contributed by atoms with Gasteiger partial charge in [-0.2, -0.15) is 4.98 Å². The van der Waals surface area contributed by atoms with Gasteiger partial charge in [0.25, 0.3) is 0 Å². The molecule has 31 heavy (non-hydrogen) atoms. The van der Waals surface area contributed by atoms with Gasteiger partial charge in [-0.25, -0.2) is 9.97 Å². The summed E-state index contributed by atoms with van der Waals surface area (Å²) in [6.07, 6.45) is -2.97. The van der Waals surface area contributed by atoms with E-state index in [0.29, 0.717) is 17.9 Å². The molecule has 0 fully saturated rings. The van der Waals surface area contributed by atoms with Crippen molar-refractivity contribution in [2.24, 2.45) is 0 Å². The number of nitrogens with one attached hydrogen (secondary N) is 1. The van der Waals surface area contributed by atoms with E-state index in [9.17, 15) is 13.2 Å². The van der Waals surface area contributed by atoms with E-state index in [-0.39, 0.29) is 11.0 Å². The van der Waals surface area contributed by atoms with Gasteiger partial charge in [-0.1, -0.05) is 36.4 Å². The molecule has 4 aromatic rings. The van der Waals surface area contributed by atoms with E-state index in [1.54, 1.807) is 17.6 Å². The molecule has 0 saturated carbocycles. The molecule has 0 saturated heterocycles. The Bertz CT molecular complexity index is 1160. The number of aryl methyl sites for hydroxylation is 1. The molecule has 0 aliphatic carbocycles. The molecule has 160 valence electrons. The van der Waals surface area contributed by atoms with Crippen molar-refractivity contribution in [3.8, 4) is 16.9 Å². The first-order chi connectivity index (χ1) is 14.9. The van der Waals surface area contributed by atoms with E-state index < -0.39 is 6.36 Å². The first kappa shape index (κ1) is 21.3. The predicted octanol–water partition coefficient (Wildman–Crippen LogP) is 6.35. The number of aromatic nitrogens is 3. The van der Waals surface area contributed by atoms with Gasteiger partial charge in [-0.3, -0.25) is 0 Å². The number of benzene rings is 2. The number of anilines is 1. The second-order valence-corrected chi connectivity index (χ2v) is 7.82. The predicted molar refractivity (Wildman–Crippen MR) is 116 cm³/mol. The number of ether oxygens (including phenoxy) is 1. The highest BCUT2D eigenvalue weighted by Crippen LogP contribution is 2.27. The lowest BCUT2D eigenvalue weighted by molar-refractivity contribution is -0.274. The van der Waals surface area contributed by atoms with Crippen molar-refractivity contribution < 1.29 is 17.9 Å². The maximum Gasteiger partial charge on any atom is 0.573 e. The fraction of sp³-hybridized carbons (Fsp3) is 0.190. The van der Waals surface area contributed by atoms with E-state index >= 15 is 0 Å². The summed E-state index contributed by atoms with van der Waals surface area (Å²) in [4.78, 5) is 13.4. The van der Waals surface area contributed by atoms with Gasteiger partial charge in [0, 0.05) is 6.54 Å². The Morgan fingerprint density at radius 1 is 0.968 bits per heavy atom. The molecule has 0 radical (unpaired) electrons. The second-order valence-electron chi connectivity index (χ2n) is 6.65. The monoisotopic (exact) mass is 464 g/mol. The molecule has 0 unspecified atom stereocenters. The molecule has 1 N–H and O–H groups in total. The van der Waals surface area contributed by atoms with Crippen LogP contribution in [0.2, 0.25) is 5.28 Å². The van der Waals surface area contributed by atoms with Gasteiger partial charge >= 0.3 is 6.36 Å². The molecule has 0 aliphatic heterocycles. The Hall–Kier alpha value is -2.91. The summed E-state index contributed by atoms with van der Waals surface area (Å²) in [5, 5.41) is 3.45. The molecular weight excluding hydrogens is 449 g/mol. The summed E-state index contributed by atoms with van der Waals surface area (Å²) < 4.78 is 40.7. The fourth-order valence-electron chi connectivity index (χ4n) is 3.07. The van der Waals surface area contributed by atoms with Crippen LogP contribution in [0.1, 0.15) is 12.0 Å². The maximum absolute atomic E-state index is 12.3. The van der Waals surface area contributed by atoms with Crippen molar-refractivity contribution in [2.45, 2.75) is 19.2 Å². The highest BCUT2D eigenvalue weighted by Gasteiger charge is 2.30. The van der Waals surface area contributed by atoms with Crippen LogP contribution in [0.15, 0.2) is 54.0 Å². The normalized spacial score (nSPS) is 11.6. The fourth-order valence-corrected chi connectivity index (χ4v) is 3.95. The van der Waals surface area contributed by atoms with Crippen molar-refractivity contribution in [3.05, 3.63) is 64.9 Å². The van der Waals surface area contributed by atoms with Crippen LogP contribution >= 0.6 is 22.9 Å². The minimum atomic E-state index is -4.69. The van der Waals surface area contributed by atoms with Gasteiger partial charge in [-0.05, 0) is 53.3 Å². The summed E-state index contributed by atoms with van der Waals surface area (Å²) in [7, 11) is 0. The van der Waals surface area contributed by atoms with Crippen molar-refractivity contribution in [2.75, 3.05) is 11.9 Å².